The third kappa shape index (κ3) is 5.29. The van der Waals surface area contributed by atoms with Crippen LogP contribution in [0.4, 0.5) is 0 Å². The molecule has 6 nitrogen and oxygen atoms in total. The Labute approximate surface area is 122 Å². The lowest BCUT2D eigenvalue weighted by Crippen LogP contribution is -2.47. The molecule has 1 unspecified atom stereocenters. The van der Waals surface area contributed by atoms with Crippen molar-refractivity contribution >= 4 is 10.0 Å². The van der Waals surface area contributed by atoms with Gasteiger partial charge in [0.2, 0.25) is 10.0 Å². The van der Waals surface area contributed by atoms with Crippen molar-refractivity contribution in [2.24, 2.45) is 5.92 Å². The van der Waals surface area contributed by atoms with Crippen molar-refractivity contribution < 1.29 is 13.2 Å². The van der Waals surface area contributed by atoms with Crippen molar-refractivity contribution in [2.45, 2.75) is 25.8 Å². The van der Waals surface area contributed by atoms with Crippen LogP contribution in [0.2, 0.25) is 0 Å². The van der Waals surface area contributed by atoms with E-state index in [0.29, 0.717) is 12.5 Å². The summed E-state index contributed by atoms with van der Waals surface area (Å²) in [5.74, 6) is 0.596. The second-order valence-electron chi connectivity index (χ2n) is 5.77. The van der Waals surface area contributed by atoms with Crippen LogP contribution in [0.15, 0.2) is 0 Å². The van der Waals surface area contributed by atoms with E-state index in [2.05, 4.69) is 14.9 Å². The maximum absolute atomic E-state index is 12.1. The molecular weight excluding hydrogens is 278 g/mol. The molecule has 0 aromatic heterocycles. The van der Waals surface area contributed by atoms with Crippen LogP contribution in [0.3, 0.4) is 0 Å². The predicted molar refractivity (Wildman–Crippen MR) is 79.2 cm³/mol. The molecule has 7 heteroatoms. The first-order chi connectivity index (χ1) is 9.57. The van der Waals surface area contributed by atoms with Crippen LogP contribution >= 0.6 is 0 Å². The molecule has 0 aliphatic carbocycles. The molecule has 1 atom stereocenters. The minimum absolute atomic E-state index is 0.00641. The first kappa shape index (κ1) is 16.2. The van der Waals surface area contributed by atoms with Crippen LogP contribution in [-0.2, 0) is 14.8 Å². The minimum Gasteiger partial charge on any atom is -0.381 e. The number of nitrogens with zero attached hydrogens (tertiary/aromatic N) is 1. The van der Waals surface area contributed by atoms with Gasteiger partial charge in [-0.05, 0) is 25.7 Å². The minimum atomic E-state index is -3.18. The topological polar surface area (TPSA) is 70.7 Å². The fourth-order valence-corrected chi connectivity index (χ4v) is 4.21. The van der Waals surface area contributed by atoms with Crippen LogP contribution in [0.1, 0.15) is 19.8 Å². The van der Waals surface area contributed by atoms with E-state index in [-0.39, 0.29) is 11.8 Å². The fourth-order valence-electron chi connectivity index (χ4n) is 2.84. The first-order valence-corrected chi connectivity index (χ1v) is 9.23. The average molecular weight is 305 g/mol. The van der Waals surface area contributed by atoms with Crippen LogP contribution in [-0.4, -0.2) is 71.0 Å². The van der Waals surface area contributed by atoms with Crippen molar-refractivity contribution in [1.29, 1.82) is 0 Å². The zero-order valence-electron chi connectivity index (χ0n) is 12.3. The van der Waals surface area contributed by atoms with E-state index in [1.807, 2.05) is 6.92 Å². The number of rotatable bonds is 6. The molecule has 0 saturated carbocycles. The normalized spacial score (nSPS) is 24.6. The first-order valence-electron chi connectivity index (χ1n) is 7.58. The van der Waals surface area contributed by atoms with Gasteiger partial charge in [-0.25, -0.2) is 13.1 Å². The highest BCUT2D eigenvalue weighted by Gasteiger charge is 2.24. The maximum Gasteiger partial charge on any atom is 0.213 e. The molecule has 2 saturated heterocycles. The summed E-state index contributed by atoms with van der Waals surface area (Å²) >= 11 is 0. The van der Waals surface area contributed by atoms with Gasteiger partial charge in [0.25, 0.3) is 0 Å². The van der Waals surface area contributed by atoms with Gasteiger partial charge in [-0.1, -0.05) is 0 Å². The molecule has 0 aromatic rings. The van der Waals surface area contributed by atoms with Gasteiger partial charge in [-0.2, -0.15) is 0 Å². The van der Waals surface area contributed by atoms with Gasteiger partial charge in [0.1, 0.15) is 0 Å². The third-order valence-corrected chi connectivity index (χ3v) is 5.68. The molecule has 0 bridgehead atoms. The monoisotopic (exact) mass is 305 g/mol. The van der Waals surface area contributed by atoms with Crippen molar-refractivity contribution in [1.82, 2.24) is 14.9 Å². The summed E-state index contributed by atoms with van der Waals surface area (Å²) < 4.78 is 32.4. The van der Waals surface area contributed by atoms with Gasteiger partial charge >= 0.3 is 0 Å². The van der Waals surface area contributed by atoms with Crippen LogP contribution in [0.5, 0.6) is 0 Å². The summed E-state index contributed by atoms with van der Waals surface area (Å²) in [6, 6.07) is 0.00641. The Kier molecular flexibility index (Phi) is 6.22. The predicted octanol–water partition coefficient (Wildman–Crippen LogP) is -0.374. The Balaban J connectivity index is 1.74. The summed E-state index contributed by atoms with van der Waals surface area (Å²) in [6.45, 7) is 7.86. The third-order valence-electron chi connectivity index (χ3n) is 4.22. The Morgan fingerprint density at radius 3 is 2.60 bits per heavy atom. The summed E-state index contributed by atoms with van der Waals surface area (Å²) in [4.78, 5) is 2.20. The molecule has 0 spiro atoms. The Hall–Kier alpha value is -0.210. The molecule has 0 radical (unpaired) electrons. The highest BCUT2D eigenvalue weighted by atomic mass is 32.2. The number of nitrogens with one attached hydrogen (secondary N) is 2. The highest BCUT2D eigenvalue weighted by molar-refractivity contribution is 7.89. The smallest absolute Gasteiger partial charge is 0.213 e. The molecule has 2 fully saturated rings. The van der Waals surface area contributed by atoms with E-state index < -0.39 is 10.0 Å². The van der Waals surface area contributed by atoms with Gasteiger partial charge in [-0.3, -0.25) is 4.90 Å². The highest BCUT2D eigenvalue weighted by Crippen LogP contribution is 2.19. The molecule has 20 heavy (non-hydrogen) atoms. The quantitative estimate of drug-likeness (QED) is 0.700. The summed E-state index contributed by atoms with van der Waals surface area (Å²) in [7, 11) is -3.18. The number of hydrogen-bond donors (Lipinski definition) is 2. The van der Waals surface area contributed by atoms with Crippen molar-refractivity contribution in [2.75, 3.05) is 51.7 Å². The Morgan fingerprint density at radius 1 is 1.30 bits per heavy atom. The molecule has 0 aromatic carbocycles. The van der Waals surface area contributed by atoms with E-state index in [1.54, 1.807) is 0 Å². The molecule has 118 valence electrons. The maximum atomic E-state index is 12.1. The lowest BCUT2D eigenvalue weighted by molar-refractivity contribution is 0.0585. The number of hydrogen-bond acceptors (Lipinski definition) is 5. The van der Waals surface area contributed by atoms with E-state index in [9.17, 15) is 8.42 Å². The lowest BCUT2D eigenvalue weighted by atomic mass is 9.94. The second-order valence-corrected chi connectivity index (χ2v) is 7.64. The molecule has 2 aliphatic rings. The van der Waals surface area contributed by atoms with Gasteiger partial charge in [0.15, 0.2) is 0 Å². The van der Waals surface area contributed by atoms with Crippen molar-refractivity contribution in [3.63, 3.8) is 0 Å². The zero-order chi connectivity index (χ0) is 14.4. The number of ether oxygens (including phenoxy) is 1. The standard InChI is InChI=1S/C13H27N3O3S/c1-12(13-2-9-19-10-3-13)15-20(17,18)11-8-16-6-4-14-5-7-16/h12-15H,2-11H2,1H3. The second kappa shape index (κ2) is 7.70. The Morgan fingerprint density at radius 2 is 1.95 bits per heavy atom. The largest absolute Gasteiger partial charge is 0.381 e. The number of piperazine rings is 1. The van der Waals surface area contributed by atoms with E-state index in [1.165, 1.54) is 0 Å². The van der Waals surface area contributed by atoms with Crippen molar-refractivity contribution in [3.05, 3.63) is 0 Å². The SMILES string of the molecule is CC(NS(=O)(=O)CCN1CCNCC1)C1CCOCC1. The van der Waals surface area contributed by atoms with Gasteiger partial charge in [0.05, 0.1) is 5.75 Å². The number of sulfonamides is 1. The summed E-state index contributed by atoms with van der Waals surface area (Å²) in [6.07, 6.45) is 1.89. The lowest BCUT2D eigenvalue weighted by Gasteiger charge is -2.29. The molecule has 2 heterocycles. The molecule has 2 N–H and O–H groups in total. The van der Waals surface area contributed by atoms with Crippen LogP contribution in [0.25, 0.3) is 0 Å². The molecular formula is C13H27N3O3S. The van der Waals surface area contributed by atoms with Gasteiger partial charge in [0, 0.05) is 52.0 Å². The van der Waals surface area contributed by atoms with Crippen LogP contribution in [0, 0.1) is 5.92 Å². The average Bonchev–Trinajstić information content (AvgIpc) is 2.47. The van der Waals surface area contributed by atoms with Crippen molar-refractivity contribution in [3.8, 4) is 0 Å². The molecule has 2 rings (SSSR count). The molecule has 2 aliphatic heterocycles. The van der Waals surface area contributed by atoms with Gasteiger partial charge < -0.3 is 10.1 Å². The zero-order valence-corrected chi connectivity index (χ0v) is 13.1. The van der Waals surface area contributed by atoms with E-state index >= 15 is 0 Å². The fraction of sp³-hybridized carbons (Fsp3) is 1.00. The summed E-state index contributed by atoms with van der Waals surface area (Å²) in [5.41, 5.74) is 0. The van der Waals surface area contributed by atoms with Gasteiger partial charge in [-0.15, -0.1) is 0 Å². The molecule has 0 amide bonds. The summed E-state index contributed by atoms with van der Waals surface area (Å²) in [5, 5.41) is 3.27. The van der Waals surface area contributed by atoms with Crippen LogP contribution < -0.4 is 10.0 Å². The van der Waals surface area contributed by atoms with E-state index in [0.717, 1.165) is 52.2 Å². The van der Waals surface area contributed by atoms with E-state index in [4.69, 9.17) is 4.74 Å². The Bertz CT molecular complexity index is 376.